The lowest BCUT2D eigenvalue weighted by atomic mass is 10.1. The van der Waals surface area contributed by atoms with Crippen LogP contribution in [0.25, 0.3) is 20.8 Å². The van der Waals surface area contributed by atoms with Crippen molar-refractivity contribution < 1.29 is 33.0 Å². The molecule has 0 aromatic heterocycles. The summed E-state index contributed by atoms with van der Waals surface area (Å²) in [7, 11) is 0. The highest BCUT2D eigenvalue weighted by Crippen LogP contribution is 2.34. The molecule has 1 heterocycles. The number of rotatable bonds is 3. The fourth-order valence-electron chi connectivity index (χ4n) is 2.99. The van der Waals surface area contributed by atoms with Crippen molar-refractivity contribution in [1.82, 2.24) is 4.98 Å². The van der Waals surface area contributed by atoms with Gasteiger partial charge in [0.05, 0.1) is 48.5 Å². The minimum absolute atomic E-state index is 0.139. The lowest BCUT2D eigenvalue weighted by molar-refractivity contribution is -0.138. The Morgan fingerprint density at radius 2 is 1.58 bits per heavy atom. The highest BCUT2D eigenvalue weighted by Gasteiger charge is 2.34. The van der Waals surface area contributed by atoms with Gasteiger partial charge in [-0.15, -0.1) is 11.3 Å². The van der Waals surface area contributed by atoms with Crippen molar-refractivity contribution in [2.24, 2.45) is 4.99 Å². The Labute approximate surface area is 175 Å². The van der Waals surface area contributed by atoms with Crippen LogP contribution in [0.15, 0.2) is 59.6 Å². The molecule has 0 saturated carbocycles. The summed E-state index contributed by atoms with van der Waals surface area (Å²) in [4.78, 5) is 31.3. The average molecular weight is 444 g/mol. The molecule has 6 nitrogen and oxygen atoms in total. The number of hydrogen-bond donors (Lipinski definition) is 2. The van der Waals surface area contributed by atoms with Gasteiger partial charge in [0.2, 0.25) is 0 Å². The smallest absolute Gasteiger partial charge is 0.418 e. The molecular formula is C21H11F3N2O4S. The fraction of sp³-hybridized carbons (Fsp3) is 0.0476. The summed E-state index contributed by atoms with van der Waals surface area (Å²) in [6.07, 6.45) is -4.76. The van der Waals surface area contributed by atoms with Gasteiger partial charge in [-0.05, 0) is 42.5 Å². The second-order valence-corrected chi connectivity index (χ2v) is 7.59. The van der Waals surface area contributed by atoms with E-state index >= 15 is 0 Å². The largest absolute Gasteiger partial charge is 0.478 e. The zero-order valence-corrected chi connectivity index (χ0v) is 16.2. The summed E-state index contributed by atoms with van der Waals surface area (Å²) in [6, 6.07) is 12.0. The van der Waals surface area contributed by atoms with Crippen LogP contribution in [-0.2, 0) is 6.18 Å². The Morgan fingerprint density at radius 3 is 2.19 bits per heavy atom. The molecule has 2 N–H and O–H groups in total. The first-order chi connectivity index (χ1) is 14.6. The van der Waals surface area contributed by atoms with Gasteiger partial charge in [0.15, 0.2) is 0 Å². The predicted molar refractivity (Wildman–Crippen MR) is 107 cm³/mol. The second kappa shape index (κ2) is 7.47. The molecule has 0 atom stereocenters. The van der Waals surface area contributed by atoms with Gasteiger partial charge in [-0.1, -0.05) is 12.1 Å². The van der Waals surface area contributed by atoms with E-state index in [1.807, 2.05) is 0 Å². The second-order valence-electron chi connectivity index (χ2n) is 6.51. The number of halogens is 3. The van der Waals surface area contributed by atoms with Crippen LogP contribution in [0.4, 0.5) is 18.9 Å². The van der Waals surface area contributed by atoms with Gasteiger partial charge >= 0.3 is 18.1 Å². The van der Waals surface area contributed by atoms with Crippen molar-refractivity contribution in [2.45, 2.75) is 6.18 Å². The number of aromatic nitrogens is 1. The van der Waals surface area contributed by atoms with E-state index in [0.29, 0.717) is 10.4 Å². The minimum atomic E-state index is -4.76. The lowest BCUT2D eigenvalue weighted by Gasteiger charge is -2.12. The molecule has 0 amide bonds. The Hall–Kier alpha value is -3.79. The maximum absolute atomic E-state index is 13.7. The molecular weight excluding hydrogens is 433 g/mol. The molecule has 0 bridgehead atoms. The minimum Gasteiger partial charge on any atom is -0.478 e. The summed E-state index contributed by atoms with van der Waals surface area (Å²) >= 11 is 1.23. The van der Waals surface area contributed by atoms with Crippen molar-refractivity contribution in [3.8, 4) is 10.6 Å². The summed E-state index contributed by atoms with van der Waals surface area (Å²) in [5.74, 6) is -2.85. The molecule has 0 fully saturated rings. The van der Waals surface area contributed by atoms with Crippen LogP contribution in [0.5, 0.6) is 0 Å². The Bertz CT molecular complexity index is 1360. The van der Waals surface area contributed by atoms with Crippen molar-refractivity contribution in [2.75, 3.05) is 0 Å². The van der Waals surface area contributed by atoms with E-state index in [0.717, 1.165) is 29.0 Å². The summed E-state index contributed by atoms with van der Waals surface area (Å²) in [5, 5.41) is 17.9. The molecule has 31 heavy (non-hydrogen) atoms. The maximum Gasteiger partial charge on any atom is 0.418 e. The van der Waals surface area contributed by atoms with Gasteiger partial charge < -0.3 is 10.2 Å². The zero-order valence-electron chi connectivity index (χ0n) is 15.3. The van der Waals surface area contributed by atoms with E-state index < -0.39 is 40.2 Å². The van der Waals surface area contributed by atoms with E-state index in [1.165, 1.54) is 17.4 Å². The van der Waals surface area contributed by atoms with Crippen LogP contribution in [0.2, 0.25) is 0 Å². The molecule has 1 aliphatic carbocycles. The third-order valence-corrected chi connectivity index (χ3v) is 5.48. The first-order valence-electron chi connectivity index (χ1n) is 8.69. The van der Waals surface area contributed by atoms with E-state index in [4.69, 9.17) is 0 Å². The standard InChI is InChI=1S/C21H11F3N2O4S/c22-21(23,24)13-8-16-18(31-17-4-2-1-3-14(17)26-16)9-15(13)25-12-6-10(19(27)28)5-11(7-12)20(29)30/h1-9H,(H,27,28)(H,29,30). The monoisotopic (exact) mass is 444 g/mol. The molecule has 2 aliphatic rings. The van der Waals surface area contributed by atoms with Gasteiger partial charge in [-0.2, -0.15) is 13.2 Å². The van der Waals surface area contributed by atoms with E-state index in [9.17, 15) is 33.0 Å². The molecule has 1 aliphatic heterocycles. The lowest BCUT2D eigenvalue weighted by Crippen LogP contribution is -2.20. The van der Waals surface area contributed by atoms with Crippen molar-refractivity contribution in [3.05, 3.63) is 76.6 Å². The first-order valence-corrected chi connectivity index (χ1v) is 9.51. The maximum atomic E-state index is 13.7. The average Bonchev–Trinajstić information content (AvgIpc) is 2.70. The first kappa shape index (κ1) is 20.5. The topological polar surface area (TPSA) is 99.9 Å². The van der Waals surface area contributed by atoms with Crippen molar-refractivity contribution >= 4 is 39.2 Å². The molecule has 0 saturated heterocycles. The van der Waals surface area contributed by atoms with Gasteiger partial charge in [0, 0.05) is 0 Å². The fourth-order valence-corrected chi connectivity index (χ4v) is 3.97. The van der Waals surface area contributed by atoms with Crippen molar-refractivity contribution in [3.63, 3.8) is 0 Å². The number of carboxylic acids is 2. The van der Waals surface area contributed by atoms with Crippen LogP contribution in [-0.4, -0.2) is 27.1 Å². The van der Waals surface area contributed by atoms with E-state index in [1.54, 1.807) is 24.3 Å². The molecule has 4 rings (SSSR count). The van der Waals surface area contributed by atoms with Gasteiger partial charge in [0.1, 0.15) is 0 Å². The molecule has 156 valence electrons. The third kappa shape index (κ3) is 4.10. The third-order valence-electron chi connectivity index (χ3n) is 4.37. The number of aromatic carboxylic acids is 2. The van der Waals surface area contributed by atoms with Gasteiger partial charge in [-0.25, -0.2) is 19.6 Å². The van der Waals surface area contributed by atoms with E-state index in [-0.39, 0.29) is 11.4 Å². The van der Waals surface area contributed by atoms with E-state index in [2.05, 4.69) is 9.98 Å². The van der Waals surface area contributed by atoms with Crippen LogP contribution < -0.4 is 5.36 Å². The van der Waals surface area contributed by atoms with Crippen molar-refractivity contribution in [1.29, 1.82) is 0 Å². The summed E-state index contributed by atoms with van der Waals surface area (Å²) in [5.41, 5.74) is -1.39. The Morgan fingerprint density at radius 1 is 0.935 bits per heavy atom. The number of carboxylic acid groups (broad SMARTS) is 2. The predicted octanol–water partition coefficient (Wildman–Crippen LogP) is 5.05. The number of benzene rings is 3. The normalized spacial score (nSPS) is 12.4. The van der Waals surface area contributed by atoms with Crippen LogP contribution in [0, 0.1) is 0 Å². The molecule has 2 aromatic carbocycles. The number of fused-ring (bicyclic) bond motifs is 2. The molecule has 0 radical (unpaired) electrons. The zero-order chi connectivity index (χ0) is 22.3. The molecule has 10 heteroatoms. The Kier molecular flexibility index (Phi) is 4.94. The molecule has 2 aromatic rings. The SMILES string of the molecule is O=C(O)c1cc(N=c2cc3sc4ccccc4nc-3cc2C(F)(F)F)cc(C(=O)O)c1. The van der Waals surface area contributed by atoms with Crippen LogP contribution in [0.1, 0.15) is 26.3 Å². The molecule has 0 spiro atoms. The number of nitrogens with zero attached hydrogens (tertiary/aromatic N) is 2. The highest BCUT2D eigenvalue weighted by atomic mass is 32.1. The Balaban J connectivity index is 2.03. The quantitative estimate of drug-likeness (QED) is 0.431. The van der Waals surface area contributed by atoms with Crippen LogP contribution in [0.3, 0.4) is 0 Å². The van der Waals surface area contributed by atoms with Gasteiger partial charge in [-0.3, -0.25) is 0 Å². The summed E-state index contributed by atoms with van der Waals surface area (Å²) < 4.78 is 42.0. The number of para-hydroxylation sites is 1. The highest BCUT2D eigenvalue weighted by molar-refractivity contribution is 7.21. The molecule has 0 unspecified atom stereocenters. The summed E-state index contributed by atoms with van der Waals surface area (Å²) in [6.45, 7) is 0. The van der Waals surface area contributed by atoms with Crippen LogP contribution >= 0.6 is 11.3 Å². The number of hydrogen-bond acceptors (Lipinski definition) is 5. The number of alkyl halides is 3. The number of carbonyl (C=O) groups is 2. The van der Waals surface area contributed by atoms with Gasteiger partial charge in [0.25, 0.3) is 0 Å².